The number of rotatable bonds is 13. The standard InChI is InChI=1S/C16H36N.C10H13BNO3/c1-5-9-13-17(14-10-6-2,15-11-7-3)16-12-8-4;1-10-6-13-11(14-7-10,15-8-10)9-4-2-3-5-12-9/h5-16H2,1-4H3;2-5H,6-8H2,1H3/q+1;-1. The Labute approximate surface area is 197 Å². The lowest BCUT2D eigenvalue weighted by Gasteiger charge is -2.57. The molecule has 0 N–H and O–H groups in total. The molecule has 0 aromatic carbocycles. The Morgan fingerprint density at radius 3 is 1.56 bits per heavy atom. The van der Waals surface area contributed by atoms with Crippen molar-refractivity contribution in [2.75, 3.05) is 46.0 Å². The van der Waals surface area contributed by atoms with Crippen LogP contribution in [0.25, 0.3) is 0 Å². The lowest BCUT2D eigenvalue weighted by atomic mass is 9.67. The van der Waals surface area contributed by atoms with Gasteiger partial charge in [-0.1, -0.05) is 72.4 Å². The van der Waals surface area contributed by atoms with E-state index in [-0.39, 0.29) is 5.41 Å². The van der Waals surface area contributed by atoms with Gasteiger partial charge in [-0.15, -0.1) is 0 Å². The van der Waals surface area contributed by atoms with Gasteiger partial charge in [-0.05, 0) is 37.3 Å². The van der Waals surface area contributed by atoms with Gasteiger partial charge in [0.15, 0.2) is 0 Å². The fourth-order valence-electron chi connectivity index (χ4n) is 4.69. The lowest BCUT2D eigenvalue weighted by Crippen LogP contribution is -2.69. The maximum atomic E-state index is 5.71. The Kier molecular flexibility index (Phi) is 11.7. The van der Waals surface area contributed by atoms with Gasteiger partial charge in [0.2, 0.25) is 0 Å². The molecule has 184 valence electrons. The van der Waals surface area contributed by atoms with Crippen LogP contribution in [0, 0.1) is 5.41 Å². The van der Waals surface area contributed by atoms with Gasteiger partial charge in [0.05, 0.1) is 26.2 Å². The van der Waals surface area contributed by atoms with Crippen molar-refractivity contribution in [3.05, 3.63) is 24.4 Å². The van der Waals surface area contributed by atoms with Crippen molar-refractivity contribution < 1.29 is 18.4 Å². The third kappa shape index (κ3) is 7.83. The maximum Gasteiger partial charge on any atom is 0.427 e. The minimum absolute atomic E-state index is 0.0122. The van der Waals surface area contributed by atoms with E-state index >= 15 is 0 Å². The van der Waals surface area contributed by atoms with Gasteiger partial charge in [-0.3, -0.25) is 4.98 Å². The highest BCUT2D eigenvalue weighted by Gasteiger charge is 2.47. The van der Waals surface area contributed by atoms with Gasteiger partial charge in [-0.2, -0.15) is 0 Å². The van der Waals surface area contributed by atoms with Crippen molar-refractivity contribution in [2.24, 2.45) is 5.41 Å². The average molecular weight is 449 g/mol. The first-order valence-electron chi connectivity index (χ1n) is 13.3. The third-order valence-electron chi connectivity index (χ3n) is 6.95. The third-order valence-corrected chi connectivity index (χ3v) is 6.95. The fourth-order valence-corrected chi connectivity index (χ4v) is 4.69. The number of fused-ring (bicyclic) bond motifs is 3. The summed E-state index contributed by atoms with van der Waals surface area (Å²) in [7, 11) is 0. The molecule has 0 aliphatic carbocycles. The number of unbranched alkanes of at least 4 members (excludes halogenated alkanes) is 4. The molecule has 0 radical (unpaired) electrons. The highest BCUT2D eigenvalue weighted by molar-refractivity contribution is 6.74. The summed E-state index contributed by atoms with van der Waals surface area (Å²) in [6, 6.07) is 5.66. The molecule has 3 aliphatic heterocycles. The second-order valence-electron chi connectivity index (χ2n) is 10.3. The second-order valence-corrected chi connectivity index (χ2v) is 10.3. The molecule has 1 aromatic heterocycles. The van der Waals surface area contributed by atoms with E-state index in [1.54, 1.807) is 6.20 Å². The number of quaternary nitrogens is 1. The van der Waals surface area contributed by atoms with E-state index < -0.39 is 6.75 Å². The van der Waals surface area contributed by atoms with E-state index in [2.05, 4.69) is 39.6 Å². The van der Waals surface area contributed by atoms with Crippen LogP contribution < -0.4 is 5.59 Å². The number of hydrogen-bond donors (Lipinski definition) is 0. The quantitative estimate of drug-likeness (QED) is 0.303. The molecule has 3 aliphatic rings. The molecular weight excluding hydrogens is 399 g/mol. The Bertz CT molecular complexity index is 567. The van der Waals surface area contributed by atoms with Gasteiger partial charge in [0.1, 0.15) is 0 Å². The molecule has 4 heterocycles. The fraction of sp³-hybridized carbons (Fsp3) is 0.808. The van der Waals surface area contributed by atoms with Gasteiger partial charge < -0.3 is 18.4 Å². The molecule has 6 heteroatoms. The van der Waals surface area contributed by atoms with Gasteiger partial charge in [-0.25, -0.2) is 0 Å². The van der Waals surface area contributed by atoms with E-state index in [1.165, 1.54) is 82.0 Å². The van der Waals surface area contributed by atoms with Crippen molar-refractivity contribution in [1.82, 2.24) is 4.98 Å². The van der Waals surface area contributed by atoms with E-state index in [4.69, 9.17) is 14.0 Å². The van der Waals surface area contributed by atoms with E-state index in [9.17, 15) is 0 Å². The van der Waals surface area contributed by atoms with E-state index in [0.29, 0.717) is 19.8 Å². The molecule has 0 spiro atoms. The summed E-state index contributed by atoms with van der Waals surface area (Å²) in [5, 5.41) is 0. The van der Waals surface area contributed by atoms with Gasteiger partial charge in [0, 0.05) is 31.4 Å². The summed E-state index contributed by atoms with van der Waals surface area (Å²) in [6.07, 6.45) is 12.8. The average Bonchev–Trinajstić information content (AvgIpc) is 2.85. The number of nitrogens with zero attached hydrogens (tertiary/aromatic N) is 2. The summed E-state index contributed by atoms with van der Waals surface area (Å²) in [4.78, 5) is 4.25. The Morgan fingerprint density at radius 1 is 0.781 bits per heavy atom. The summed E-state index contributed by atoms with van der Waals surface area (Å²) >= 11 is 0. The van der Waals surface area contributed by atoms with Gasteiger partial charge >= 0.3 is 6.75 Å². The first-order valence-corrected chi connectivity index (χ1v) is 13.3. The predicted octanol–water partition coefficient (Wildman–Crippen LogP) is 5.31. The minimum Gasteiger partial charge on any atom is -0.539 e. The molecule has 0 saturated carbocycles. The van der Waals surface area contributed by atoms with Crippen molar-refractivity contribution >= 4 is 12.3 Å². The smallest absolute Gasteiger partial charge is 0.427 e. The SMILES string of the molecule is CC12CO[B-](c3ccccn3)(OC1)OC2.CCCC[N+](CCCC)(CCCC)CCCC. The van der Waals surface area contributed by atoms with Crippen molar-refractivity contribution in [2.45, 2.75) is 86.0 Å². The van der Waals surface area contributed by atoms with Gasteiger partial charge in [0.25, 0.3) is 0 Å². The molecule has 0 unspecified atom stereocenters. The van der Waals surface area contributed by atoms with Crippen LogP contribution in [0.15, 0.2) is 24.4 Å². The molecule has 3 saturated heterocycles. The van der Waals surface area contributed by atoms with Crippen molar-refractivity contribution in [3.63, 3.8) is 0 Å². The Hall–Kier alpha value is -0.945. The zero-order chi connectivity index (χ0) is 23.3. The summed E-state index contributed by atoms with van der Waals surface area (Å²) in [5.74, 6) is 0. The van der Waals surface area contributed by atoms with Crippen molar-refractivity contribution in [1.29, 1.82) is 0 Å². The summed E-state index contributed by atoms with van der Waals surface area (Å²) in [6.45, 7) is 17.4. The maximum absolute atomic E-state index is 5.71. The van der Waals surface area contributed by atoms with E-state index in [1.807, 2.05) is 18.2 Å². The highest BCUT2D eigenvalue weighted by Crippen LogP contribution is 2.34. The monoisotopic (exact) mass is 448 g/mol. The molecule has 4 rings (SSSR count). The van der Waals surface area contributed by atoms with E-state index in [0.717, 1.165) is 5.59 Å². The molecule has 0 amide bonds. The number of aromatic nitrogens is 1. The Balaban J connectivity index is 0.000000227. The van der Waals surface area contributed by atoms with Crippen LogP contribution in [0.4, 0.5) is 0 Å². The molecule has 32 heavy (non-hydrogen) atoms. The summed E-state index contributed by atoms with van der Waals surface area (Å²) < 4.78 is 18.5. The normalized spacial score (nSPS) is 24.8. The van der Waals surface area contributed by atoms with Crippen LogP contribution in [-0.4, -0.2) is 62.2 Å². The molecular formula is C26H49BN2O3. The van der Waals surface area contributed by atoms with Crippen LogP contribution in [0.5, 0.6) is 0 Å². The zero-order valence-electron chi connectivity index (χ0n) is 21.6. The minimum atomic E-state index is -1.76. The molecule has 0 atom stereocenters. The molecule has 3 fully saturated rings. The van der Waals surface area contributed by atoms with Crippen LogP contribution in [0.3, 0.4) is 0 Å². The van der Waals surface area contributed by atoms with Crippen LogP contribution in [0.2, 0.25) is 0 Å². The van der Waals surface area contributed by atoms with Crippen LogP contribution in [0.1, 0.15) is 86.0 Å². The second kappa shape index (κ2) is 13.7. The zero-order valence-corrected chi connectivity index (χ0v) is 21.6. The number of hydrogen-bond acceptors (Lipinski definition) is 4. The lowest BCUT2D eigenvalue weighted by molar-refractivity contribution is -0.929. The first kappa shape index (κ1) is 27.3. The largest absolute Gasteiger partial charge is 0.539 e. The highest BCUT2D eigenvalue weighted by atomic mass is 16.8. The molecule has 1 aromatic rings. The predicted molar refractivity (Wildman–Crippen MR) is 135 cm³/mol. The van der Waals surface area contributed by atoms with Crippen molar-refractivity contribution in [3.8, 4) is 0 Å². The number of pyridine rings is 1. The topological polar surface area (TPSA) is 40.6 Å². The summed E-state index contributed by atoms with van der Waals surface area (Å²) in [5.41, 5.74) is 0.761. The first-order chi connectivity index (χ1) is 15.5. The van der Waals surface area contributed by atoms with Crippen LogP contribution >= 0.6 is 0 Å². The molecule has 5 nitrogen and oxygen atoms in total. The Morgan fingerprint density at radius 2 is 1.22 bits per heavy atom. The van der Waals surface area contributed by atoms with Crippen LogP contribution in [-0.2, 0) is 14.0 Å². The molecule has 2 bridgehead atoms.